The topological polar surface area (TPSA) is 32.7 Å². The zero-order valence-corrected chi connectivity index (χ0v) is 10.5. The largest absolute Gasteiger partial charge is 0.384 e. The fourth-order valence-electron chi connectivity index (χ4n) is 2.16. The second kappa shape index (κ2) is 5.27. The molecule has 1 N–H and O–H groups in total. The maximum Gasteiger partial charge on any atom is 0.101 e. The molecule has 16 heavy (non-hydrogen) atoms. The molecule has 1 aliphatic heterocycles. The molecule has 3 nitrogen and oxygen atoms in total. The van der Waals surface area contributed by atoms with E-state index in [9.17, 15) is 5.11 Å². The van der Waals surface area contributed by atoms with E-state index in [1.165, 1.54) is 0 Å². The molecule has 0 bridgehead atoms. The minimum absolute atomic E-state index is 0.586. The van der Waals surface area contributed by atoms with Gasteiger partial charge in [0.25, 0.3) is 0 Å². The number of methoxy groups -OCH3 is 1. The van der Waals surface area contributed by atoms with Gasteiger partial charge >= 0.3 is 0 Å². The molecule has 2 heterocycles. The Hall–Kier alpha value is -0.420. The summed E-state index contributed by atoms with van der Waals surface area (Å²) in [5.41, 5.74) is -0.586. The summed E-state index contributed by atoms with van der Waals surface area (Å²) < 4.78 is 5.07. The van der Waals surface area contributed by atoms with Crippen LogP contribution in [0.25, 0.3) is 0 Å². The van der Waals surface area contributed by atoms with E-state index in [0.29, 0.717) is 0 Å². The number of aliphatic hydroxyl groups is 1. The molecule has 1 aliphatic rings. The predicted octanol–water partition coefficient (Wildman–Crippen LogP) is 1.68. The summed E-state index contributed by atoms with van der Waals surface area (Å²) in [6, 6.07) is 4.05. The molecule has 1 fully saturated rings. The van der Waals surface area contributed by atoms with Gasteiger partial charge in [0.2, 0.25) is 0 Å². The monoisotopic (exact) mass is 241 g/mol. The first-order valence-electron chi connectivity index (χ1n) is 5.72. The fraction of sp³-hybridized carbons (Fsp3) is 0.667. The number of ether oxygens (including phenoxy) is 1. The lowest BCUT2D eigenvalue weighted by molar-refractivity contribution is -0.0268. The van der Waals surface area contributed by atoms with Crippen LogP contribution in [-0.2, 0) is 10.3 Å². The molecule has 0 unspecified atom stereocenters. The highest BCUT2D eigenvalue weighted by atomic mass is 32.1. The van der Waals surface area contributed by atoms with Crippen LogP contribution in [0.5, 0.6) is 0 Å². The van der Waals surface area contributed by atoms with Gasteiger partial charge in [-0.25, -0.2) is 0 Å². The third-order valence-corrected chi connectivity index (χ3v) is 4.34. The molecule has 0 radical (unpaired) electrons. The molecule has 0 aliphatic carbocycles. The SMILES string of the molecule is COCCN1CCC(O)(c2cccs2)CC1. The van der Waals surface area contributed by atoms with Gasteiger partial charge in [-0.2, -0.15) is 0 Å². The van der Waals surface area contributed by atoms with Crippen LogP contribution in [0, 0.1) is 0 Å². The first-order valence-corrected chi connectivity index (χ1v) is 6.60. The Morgan fingerprint density at radius 2 is 2.25 bits per heavy atom. The van der Waals surface area contributed by atoms with Crippen molar-refractivity contribution in [2.24, 2.45) is 0 Å². The van der Waals surface area contributed by atoms with Crippen LogP contribution >= 0.6 is 11.3 Å². The zero-order chi connectivity index (χ0) is 11.4. The van der Waals surface area contributed by atoms with Gasteiger partial charge in [-0.15, -0.1) is 11.3 Å². The Morgan fingerprint density at radius 3 is 2.81 bits per heavy atom. The highest BCUT2D eigenvalue weighted by Crippen LogP contribution is 2.35. The fourth-order valence-corrected chi connectivity index (χ4v) is 3.04. The molecule has 4 heteroatoms. The molecule has 0 aromatic carbocycles. The smallest absolute Gasteiger partial charge is 0.101 e. The van der Waals surface area contributed by atoms with E-state index in [2.05, 4.69) is 4.90 Å². The summed E-state index contributed by atoms with van der Waals surface area (Å²) in [4.78, 5) is 3.46. The molecule has 90 valence electrons. The van der Waals surface area contributed by atoms with Gasteiger partial charge in [0.05, 0.1) is 6.61 Å². The quantitative estimate of drug-likeness (QED) is 0.870. The molecule has 1 saturated heterocycles. The highest BCUT2D eigenvalue weighted by Gasteiger charge is 2.34. The average Bonchev–Trinajstić information content (AvgIpc) is 2.83. The number of piperidine rings is 1. The Bertz CT molecular complexity index is 305. The van der Waals surface area contributed by atoms with Gasteiger partial charge in [-0.3, -0.25) is 0 Å². The second-order valence-corrected chi connectivity index (χ2v) is 5.29. The van der Waals surface area contributed by atoms with Crippen molar-refractivity contribution in [2.75, 3.05) is 33.4 Å². The van der Waals surface area contributed by atoms with Crippen molar-refractivity contribution in [1.29, 1.82) is 0 Å². The minimum Gasteiger partial charge on any atom is -0.384 e. The Kier molecular flexibility index (Phi) is 3.97. The van der Waals surface area contributed by atoms with E-state index < -0.39 is 5.60 Å². The van der Waals surface area contributed by atoms with Crippen LogP contribution in [-0.4, -0.2) is 43.4 Å². The Morgan fingerprint density at radius 1 is 1.50 bits per heavy atom. The zero-order valence-electron chi connectivity index (χ0n) is 9.69. The summed E-state index contributed by atoms with van der Waals surface area (Å²) in [7, 11) is 1.73. The van der Waals surface area contributed by atoms with Gasteiger partial charge < -0.3 is 14.7 Å². The molecule has 2 rings (SSSR count). The van der Waals surface area contributed by atoms with Gasteiger partial charge in [0.1, 0.15) is 5.60 Å². The van der Waals surface area contributed by atoms with Crippen molar-refractivity contribution in [3.8, 4) is 0 Å². The normalized spacial score (nSPS) is 21.1. The molecule has 0 spiro atoms. The first-order chi connectivity index (χ1) is 7.74. The molecule has 0 atom stereocenters. The van der Waals surface area contributed by atoms with Crippen LogP contribution in [0.4, 0.5) is 0 Å². The molecule has 1 aromatic rings. The van der Waals surface area contributed by atoms with Gasteiger partial charge in [-0.05, 0) is 24.3 Å². The van der Waals surface area contributed by atoms with E-state index in [1.807, 2.05) is 17.5 Å². The summed E-state index contributed by atoms with van der Waals surface area (Å²) in [6.45, 7) is 3.66. The first kappa shape index (κ1) is 12.0. The number of hydrogen-bond acceptors (Lipinski definition) is 4. The highest BCUT2D eigenvalue weighted by molar-refractivity contribution is 7.10. The van der Waals surface area contributed by atoms with Crippen molar-refractivity contribution in [2.45, 2.75) is 18.4 Å². The lowest BCUT2D eigenvalue weighted by Crippen LogP contribution is -2.43. The third kappa shape index (κ3) is 2.63. The number of likely N-dealkylation sites (tertiary alicyclic amines) is 1. The van der Waals surface area contributed by atoms with Crippen LogP contribution in [0.1, 0.15) is 17.7 Å². The predicted molar refractivity (Wildman–Crippen MR) is 65.8 cm³/mol. The van der Waals surface area contributed by atoms with Crippen molar-refractivity contribution < 1.29 is 9.84 Å². The second-order valence-electron chi connectivity index (χ2n) is 4.34. The molecular weight excluding hydrogens is 222 g/mol. The summed E-state index contributed by atoms with van der Waals surface area (Å²) >= 11 is 1.65. The average molecular weight is 241 g/mol. The maximum atomic E-state index is 10.5. The van der Waals surface area contributed by atoms with Crippen molar-refractivity contribution in [3.05, 3.63) is 22.4 Å². The van der Waals surface area contributed by atoms with E-state index in [4.69, 9.17) is 4.74 Å². The Labute approximate surface area is 101 Å². The van der Waals surface area contributed by atoms with Crippen LogP contribution in [0.2, 0.25) is 0 Å². The molecule has 0 amide bonds. The summed E-state index contributed by atoms with van der Waals surface area (Å²) in [5.74, 6) is 0. The number of rotatable bonds is 4. The number of hydrogen-bond donors (Lipinski definition) is 1. The van der Waals surface area contributed by atoms with E-state index in [-0.39, 0.29) is 0 Å². The molecule has 0 saturated carbocycles. The molecular formula is C12H19NO2S. The lowest BCUT2D eigenvalue weighted by atomic mass is 9.90. The van der Waals surface area contributed by atoms with Crippen molar-refractivity contribution in [3.63, 3.8) is 0 Å². The van der Waals surface area contributed by atoms with E-state index in [0.717, 1.165) is 44.0 Å². The number of thiophene rings is 1. The summed E-state index contributed by atoms with van der Waals surface area (Å²) in [5, 5.41) is 12.6. The van der Waals surface area contributed by atoms with Crippen LogP contribution in [0.3, 0.4) is 0 Å². The van der Waals surface area contributed by atoms with Gasteiger partial charge in [0, 0.05) is 31.6 Å². The van der Waals surface area contributed by atoms with Crippen LogP contribution < -0.4 is 0 Å². The van der Waals surface area contributed by atoms with Crippen LogP contribution in [0.15, 0.2) is 17.5 Å². The third-order valence-electron chi connectivity index (χ3n) is 3.27. The molecule has 1 aromatic heterocycles. The number of nitrogens with zero attached hydrogens (tertiary/aromatic N) is 1. The van der Waals surface area contributed by atoms with Gasteiger partial charge in [0.15, 0.2) is 0 Å². The van der Waals surface area contributed by atoms with E-state index in [1.54, 1.807) is 18.4 Å². The maximum absolute atomic E-state index is 10.5. The minimum atomic E-state index is -0.586. The van der Waals surface area contributed by atoms with Crippen molar-refractivity contribution >= 4 is 11.3 Å². The Balaban J connectivity index is 1.89. The van der Waals surface area contributed by atoms with Crippen molar-refractivity contribution in [1.82, 2.24) is 4.90 Å². The van der Waals surface area contributed by atoms with E-state index >= 15 is 0 Å². The van der Waals surface area contributed by atoms with Gasteiger partial charge in [-0.1, -0.05) is 6.07 Å². The lowest BCUT2D eigenvalue weighted by Gasteiger charge is -2.37. The summed E-state index contributed by atoms with van der Waals surface area (Å²) in [6.07, 6.45) is 1.66. The standard InChI is InChI=1S/C12H19NO2S/c1-15-9-8-13-6-4-12(14,5-7-13)11-3-2-10-16-11/h2-3,10,14H,4-9H2,1H3.